The molecule has 7 nitrogen and oxygen atoms in total. The van der Waals surface area contributed by atoms with Crippen molar-refractivity contribution in [2.45, 2.75) is 36.5 Å². The summed E-state index contributed by atoms with van der Waals surface area (Å²) < 4.78 is 32.0. The summed E-state index contributed by atoms with van der Waals surface area (Å²) in [6.45, 7) is 2.47. The van der Waals surface area contributed by atoms with E-state index in [1.807, 2.05) is 0 Å². The van der Waals surface area contributed by atoms with Crippen LogP contribution in [0, 0.1) is 0 Å². The Kier molecular flexibility index (Phi) is 7.41. The first-order valence-corrected chi connectivity index (χ1v) is 12.2. The van der Waals surface area contributed by atoms with E-state index in [9.17, 15) is 18.0 Å². The summed E-state index contributed by atoms with van der Waals surface area (Å²) in [5.74, 6) is -1.17. The fourth-order valence-corrected chi connectivity index (χ4v) is 6.49. The van der Waals surface area contributed by atoms with Gasteiger partial charge in [0.2, 0.25) is 0 Å². The Morgan fingerprint density at radius 3 is 2.43 bits per heavy atom. The van der Waals surface area contributed by atoms with Gasteiger partial charge in [0.25, 0.3) is 15.9 Å². The van der Waals surface area contributed by atoms with Crippen LogP contribution in [0.4, 0.5) is 5.69 Å². The Bertz CT molecular complexity index is 1030. The molecule has 2 heterocycles. The molecule has 30 heavy (non-hydrogen) atoms. The molecule has 1 amide bonds. The van der Waals surface area contributed by atoms with E-state index in [4.69, 9.17) is 27.9 Å². The summed E-state index contributed by atoms with van der Waals surface area (Å²) in [5.41, 5.74) is 0.385. The topological polar surface area (TPSA) is 92.8 Å². The zero-order chi connectivity index (χ0) is 21.9. The van der Waals surface area contributed by atoms with Crippen LogP contribution in [0.2, 0.25) is 10.0 Å². The molecule has 1 unspecified atom stereocenters. The van der Waals surface area contributed by atoms with E-state index in [1.165, 1.54) is 35.5 Å². The number of amides is 1. The monoisotopic (exact) mass is 490 g/mol. The molecule has 1 N–H and O–H groups in total. The molecule has 1 fully saturated rings. The highest BCUT2D eigenvalue weighted by molar-refractivity contribution is 7.91. The van der Waals surface area contributed by atoms with Gasteiger partial charge in [0.05, 0.1) is 6.42 Å². The molecule has 11 heteroatoms. The zero-order valence-corrected chi connectivity index (χ0v) is 19.2. The molecule has 2 aromatic rings. The van der Waals surface area contributed by atoms with Crippen molar-refractivity contribution >= 4 is 62.1 Å². The number of hydrogen-bond acceptors (Lipinski definition) is 6. The molecule has 1 saturated heterocycles. The van der Waals surface area contributed by atoms with Gasteiger partial charge in [0, 0.05) is 33.7 Å². The maximum atomic E-state index is 12.6. The maximum Gasteiger partial charge on any atom is 0.311 e. The van der Waals surface area contributed by atoms with Crippen molar-refractivity contribution in [3.8, 4) is 0 Å². The number of halogens is 2. The first-order valence-electron chi connectivity index (χ1n) is 9.20. The van der Waals surface area contributed by atoms with E-state index in [-0.39, 0.29) is 10.6 Å². The lowest BCUT2D eigenvalue weighted by atomic mass is 10.3. The van der Waals surface area contributed by atoms with Crippen molar-refractivity contribution in [1.29, 1.82) is 0 Å². The number of sulfonamides is 1. The first-order chi connectivity index (χ1) is 14.1. The van der Waals surface area contributed by atoms with Gasteiger partial charge in [0.15, 0.2) is 6.10 Å². The van der Waals surface area contributed by atoms with Crippen LogP contribution in [0.15, 0.2) is 34.5 Å². The van der Waals surface area contributed by atoms with Crippen LogP contribution in [0.3, 0.4) is 0 Å². The van der Waals surface area contributed by atoms with Gasteiger partial charge >= 0.3 is 5.97 Å². The summed E-state index contributed by atoms with van der Waals surface area (Å²) in [5, 5.41) is 3.30. The summed E-state index contributed by atoms with van der Waals surface area (Å²) in [6, 6.07) is 7.66. The van der Waals surface area contributed by atoms with Gasteiger partial charge in [-0.3, -0.25) is 9.59 Å². The number of anilines is 1. The summed E-state index contributed by atoms with van der Waals surface area (Å²) in [7, 11) is -3.52. The SMILES string of the molecule is CC(OC(=O)Cc1ccc(S(=O)(=O)N2CCCC2)s1)C(=O)Nc1cc(Cl)cc(Cl)c1. The quantitative estimate of drug-likeness (QED) is 0.593. The number of carbonyl (C=O) groups excluding carboxylic acids is 2. The van der Waals surface area contributed by atoms with Crippen molar-refractivity contribution in [2.24, 2.45) is 0 Å². The van der Waals surface area contributed by atoms with Gasteiger partial charge in [-0.15, -0.1) is 11.3 Å². The lowest BCUT2D eigenvalue weighted by molar-refractivity contribution is -0.152. The predicted octanol–water partition coefficient (Wildman–Crippen LogP) is 3.95. The normalized spacial score (nSPS) is 15.7. The molecule has 1 aliphatic rings. The van der Waals surface area contributed by atoms with Crippen LogP contribution in [0.25, 0.3) is 0 Å². The third-order valence-corrected chi connectivity index (χ3v) is 8.31. The molecule has 0 saturated carbocycles. The number of hydrogen-bond donors (Lipinski definition) is 1. The molecule has 162 valence electrons. The minimum atomic E-state index is -3.52. The molecule has 0 bridgehead atoms. The average molecular weight is 491 g/mol. The Morgan fingerprint density at radius 2 is 1.80 bits per heavy atom. The molecule has 1 aliphatic heterocycles. The minimum Gasteiger partial charge on any atom is -0.452 e. The number of thiophene rings is 1. The molecule has 0 aliphatic carbocycles. The van der Waals surface area contributed by atoms with Gasteiger partial charge < -0.3 is 10.1 Å². The smallest absolute Gasteiger partial charge is 0.311 e. The number of rotatable bonds is 7. The molecule has 0 spiro atoms. The second-order valence-electron chi connectivity index (χ2n) is 6.79. The van der Waals surface area contributed by atoms with Gasteiger partial charge in [0.1, 0.15) is 4.21 Å². The van der Waals surface area contributed by atoms with E-state index < -0.39 is 28.0 Å². The average Bonchev–Trinajstić information content (AvgIpc) is 3.33. The first kappa shape index (κ1) is 23.0. The number of benzene rings is 1. The third-order valence-electron chi connectivity index (χ3n) is 4.42. The van der Waals surface area contributed by atoms with Crippen LogP contribution in [-0.2, 0) is 30.8 Å². The number of esters is 1. The Balaban J connectivity index is 1.56. The van der Waals surface area contributed by atoms with E-state index in [0.29, 0.717) is 33.7 Å². The Labute approximate surface area is 189 Å². The van der Waals surface area contributed by atoms with Crippen LogP contribution in [0.5, 0.6) is 0 Å². The van der Waals surface area contributed by atoms with E-state index in [2.05, 4.69) is 5.32 Å². The van der Waals surface area contributed by atoms with Crippen LogP contribution in [-0.4, -0.2) is 43.8 Å². The van der Waals surface area contributed by atoms with E-state index in [1.54, 1.807) is 6.07 Å². The lowest BCUT2D eigenvalue weighted by Gasteiger charge is -2.14. The fraction of sp³-hybridized carbons (Fsp3) is 0.368. The second-order valence-corrected chi connectivity index (χ2v) is 11.0. The van der Waals surface area contributed by atoms with Gasteiger partial charge in [-0.05, 0) is 50.1 Å². The minimum absolute atomic E-state index is 0.124. The number of nitrogens with one attached hydrogen (secondary N) is 1. The number of ether oxygens (including phenoxy) is 1. The van der Waals surface area contributed by atoms with Crippen LogP contribution < -0.4 is 5.32 Å². The zero-order valence-electron chi connectivity index (χ0n) is 16.1. The lowest BCUT2D eigenvalue weighted by Crippen LogP contribution is -2.30. The summed E-state index contributed by atoms with van der Waals surface area (Å²) in [4.78, 5) is 25.0. The van der Waals surface area contributed by atoms with Crippen molar-refractivity contribution in [1.82, 2.24) is 4.31 Å². The maximum absolute atomic E-state index is 12.6. The molecule has 0 radical (unpaired) electrons. The van der Waals surface area contributed by atoms with Gasteiger partial charge in [-0.25, -0.2) is 8.42 Å². The second kappa shape index (κ2) is 9.65. The summed E-state index contributed by atoms with van der Waals surface area (Å²) >= 11 is 12.8. The van der Waals surface area contributed by atoms with Crippen LogP contribution >= 0.6 is 34.5 Å². The fourth-order valence-electron chi connectivity index (χ4n) is 2.95. The highest BCUT2D eigenvalue weighted by atomic mass is 35.5. The highest BCUT2D eigenvalue weighted by Gasteiger charge is 2.29. The van der Waals surface area contributed by atoms with Crippen LogP contribution in [0.1, 0.15) is 24.6 Å². The molecule has 1 atom stereocenters. The number of carbonyl (C=O) groups is 2. The van der Waals surface area contributed by atoms with Crippen molar-refractivity contribution in [2.75, 3.05) is 18.4 Å². The van der Waals surface area contributed by atoms with Gasteiger partial charge in [-0.1, -0.05) is 23.2 Å². The van der Waals surface area contributed by atoms with E-state index >= 15 is 0 Å². The summed E-state index contributed by atoms with van der Waals surface area (Å²) in [6.07, 6.45) is 0.528. The number of nitrogens with zero attached hydrogens (tertiary/aromatic N) is 1. The third kappa shape index (κ3) is 5.73. The predicted molar refractivity (Wildman–Crippen MR) is 117 cm³/mol. The molecule has 3 rings (SSSR count). The van der Waals surface area contributed by atoms with Gasteiger partial charge in [-0.2, -0.15) is 4.31 Å². The van der Waals surface area contributed by atoms with Crippen molar-refractivity contribution in [3.05, 3.63) is 45.3 Å². The Morgan fingerprint density at radius 1 is 1.17 bits per heavy atom. The molecule has 1 aromatic carbocycles. The highest BCUT2D eigenvalue weighted by Crippen LogP contribution is 2.28. The largest absolute Gasteiger partial charge is 0.452 e. The molecule has 1 aromatic heterocycles. The Hall–Kier alpha value is -1.65. The van der Waals surface area contributed by atoms with Crippen molar-refractivity contribution in [3.63, 3.8) is 0 Å². The molecular formula is C19H20Cl2N2O5S2. The van der Waals surface area contributed by atoms with Crippen molar-refractivity contribution < 1.29 is 22.7 Å². The van der Waals surface area contributed by atoms with E-state index in [0.717, 1.165) is 24.2 Å². The standard InChI is InChI=1S/C19H20Cl2N2O5S2/c1-12(19(25)22-15-9-13(20)8-14(21)10-15)28-17(24)11-16-4-5-18(29-16)30(26,27)23-6-2-3-7-23/h4-5,8-10,12H,2-3,6-7,11H2,1H3,(H,22,25). The molecular weight excluding hydrogens is 471 g/mol.